The molecule has 1 fully saturated rings. The molecule has 0 unspecified atom stereocenters. The number of halogens is 2. The fourth-order valence-corrected chi connectivity index (χ4v) is 1.65. The summed E-state index contributed by atoms with van der Waals surface area (Å²) in [7, 11) is 0. The smallest absolute Gasteiger partial charge is 0.252 e. The molecule has 1 aromatic heterocycles. The van der Waals surface area contributed by atoms with Gasteiger partial charge in [0.05, 0.1) is 5.54 Å². The summed E-state index contributed by atoms with van der Waals surface area (Å²) in [6.07, 6.45) is -0.683. The van der Waals surface area contributed by atoms with Crippen LogP contribution >= 0.6 is 0 Å². The van der Waals surface area contributed by atoms with Crippen LogP contribution in [0.3, 0.4) is 0 Å². The molecule has 2 rings (SSSR count). The van der Waals surface area contributed by atoms with Crippen LogP contribution < -0.4 is 5.73 Å². The Morgan fingerprint density at radius 1 is 1.54 bits per heavy atom. The predicted octanol–water partition coefficient (Wildman–Crippen LogP) is 1.57. The Morgan fingerprint density at radius 3 is 2.54 bits per heavy atom. The Kier molecular flexibility index (Phi) is 1.52. The number of rotatable bonds is 1. The van der Waals surface area contributed by atoms with Crippen molar-refractivity contribution in [3.05, 3.63) is 17.5 Å². The Morgan fingerprint density at radius 2 is 2.15 bits per heavy atom. The zero-order chi connectivity index (χ0) is 9.69. The highest BCUT2D eigenvalue weighted by atomic mass is 19.3. The summed E-state index contributed by atoms with van der Waals surface area (Å²) in [5.41, 5.74) is 5.15. The van der Waals surface area contributed by atoms with Gasteiger partial charge in [0.25, 0.3) is 5.92 Å². The number of alkyl halides is 2. The van der Waals surface area contributed by atoms with Crippen LogP contribution in [0.5, 0.6) is 0 Å². The molecule has 13 heavy (non-hydrogen) atoms. The number of nitrogens with two attached hydrogens (primary N) is 1. The Balaban J connectivity index is 2.20. The van der Waals surface area contributed by atoms with Crippen molar-refractivity contribution < 1.29 is 13.3 Å². The highest BCUT2D eigenvalue weighted by molar-refractivity contribution is 5.21. The fourth-order valence-electron chi connectivity index (χ4n) is 1.65. The van der Waals surface area contributed by atoms with Crippen LogP contribution in [-0.4, -0.2) is 11.1 Å². The normalized spacial score (nSPS) is 24.0. The van der Waals surface area contributed by atoms with Gasteiger partial charge in [-0.2, -0.15) is 0 Å². The first-order valence-electron chi connectivity index (χ1n) is 4.02. The van der Waals surface area contributed by atoms with Crippen LogP contribution in [-0.2, 0) is 5.54 Å². The molecule has 1 saturated carbocycles. The monoisotopic (exact) mass is 188 g/mol. The molecule has 0 aromatic carbocycles. The number of nitrogens with zero attached hydrogens (tertiary/aromatic N) is 1. The highest BCUT2D eigenvalue weighted by Crippen LogP contribution is 2.49. The summed E-state index contributed by atoms with van der Waals surface area (Å²) in [6.45, 7) is 1.71. The standard InChI is InChI=1S/C8H10F2N2O/c1-5-2-6(12-13-5)7(11)3-8(9,10)4-7/h2H,3-4,11H2,1H3. The number of aryl methyl sites for hydroxylation is 1. The van der Waals surface area contributed by atoms with Crippen molar-refractivity contribution in [1.82, 2.24) is 5.16 Å². The second kappa shape index (κ2) is 2.29. The molecular weight excluding hydrogens is 178 g/mol. The minimum absolute atomic E-state index is 0.341. The molecule has 0 atom stereocenters. The molecule has 1 aliphatic carbocycles. The zero-order valence-corrected chi connectivity index (χ0v) is 7.18. The molecule has 3 nitrogen and oxygen atoms in total. The summed E-state index contributed by atoms with van der Waals surface area (Å²) in [4.78, 5) is 0. The molecule has 0 bridgehead atoms. The largest absolute Gasteiger partial charge is 0.361 e. The van der Waals surface area contributed by atoms with Crippen LogP contribution in [0.25, 0.3) is 0 Å². The van der Waals surface area contributed by atoms with Gasteiger partial charge in [-0.1, -0.05) is 5.16 Å². The van der Waals surface area contributed by atoms with Crippen LogP contribution in [0.15, 0.2) is 10.6 Å². The molecule has 0 radical (unpaired) electrons. The summed E-state index contributed by atoms with van der Waals surface area (Å²) >= 11 is 0. The molecule has 2 N–H and O–H groups in total. The average Bonchev–Trinajstić information content (AvgIpc) is 2.31. The molecule has 0 aliphatic heterocycles. The topological polar surface area (TPSA) is 52.0 Å². The molecule has 1 aromatic rings. The van der Waals surface area contributed by atoms with E-state index in [1.54, 1.807) is 13.0 Å². The lowest BCUT2D eigenvalue weighted by Crippen LogP contribution is -2.55. The Hall–Kier alpha value is -0.970. The second-order valence-electron chi connectivity index (χ2n) is 3.69. The van der Waals surface area contributed by atoms with Gasteiger partial charge in [0.15, 0.2) is 0 Å². The maximum atomic E-state index is 12.6. The maximum Gasteiger partial charge on any atom is 0.252 e. The van der Waals surface area contributed by atoms with Gasteiger partial charge >= 0.3 is 0 Å². The fraction of sp³-hybridized carbons (Fsp3) is 0.625. The number of hydrogen-bond donors (Lipinski definition) is 1. The van der Waals surface area contributed by atoms with E-state index in [2.05, 4.69) is 5.16 Å². The maximum absolute atomic E-state index is 12.6. The molecule has 0 amide bonds. The van der Waals surface area contributed by atoms with Crippen molar-refractivity contribution in [2.24, 2.45) is 5.73 Å². The molecule has 0 spiro atoms. The third kappa shape index (κ3) is 1.33. The molecular formula is C8H10F2N2O. The summed E-state index contributed by atoms with van der Waals surface area (Å²) in [5, 5.41) is 3.64. The van der Waals surface area contributed by atoms with Crippen molar-refractivity contribution in [3.63, 3.8) is 0 Å². The Bertz CT molecular complexity index is 327. The van der Waals surface area contributed by atoms with Gasteiger partial charge < -0.3 is 10.3 Å². The lowest BCUT2D eigenvalue weighted by molar-refractivity contribution is -0.126. The third-order valence-electron chi connectivity index (χ3n) is 2.29. The van der Waals surface area contributed by atoms with E-state index in [-0.39, 0.29) is 12.8 Å². The Labute approximate surface area is 73.9 Å². The van der Waals surface area contributed by atoms with Gasteiger partial charge in [0.1, 0.15) is 11.5 Å². The van der Waals surface area contributed by atoms with Crippen molar-refractivity contribution in [1.29, 1.82) is 0 Å². The minimum Gasteiger partial charge on any atom is -0.361 e. The van der Waals surface area contributed by atoms with Gasteiger partial charge in [0, 0.05) is 18.9 Å². The van der Waals surface area contributed by atoms with Crippen molar-refractivity contribution in [2.75, 3.05) is 0 Å². The highest BCUT2D eigenvalue weighted by Gasteiger charge is 2.56. The van der Waals surface area contributed by atoms with Crippen molar-refractivity contribution in [2.45, 2.75) is 31.2 Å². The van der Waals surface area contributed by atoms with E-state index in [4.69, 9.17) is 10.3 Å². The lowest BCUT2D eigenvalue weighted by Gasteiger charge is -2.42. The van der Waals surface area contributed by atoms with E-state index in [0.717, 1.165) is 0 Å². The minimum atomic E-state index is -2.64. The summed E-state index contributed by atoms with van der Waals surface area (Å²) < 4.78 is 30.0. The summed E-state index contributed by atoms with van der Waals surface area (Å²) in [6, 6.07) is 1.61. The first-order valence-corrected chi connectivity index (χ1v) is 4.02. The second-order valence-corrected chi connectivity index (χ2v) is 3.69. The number of hydrogen-bond acceptors (Lipinski definition) is 3. The van der Waals surface area contributed by atoms with Gasteiger partial charge in [-0.25, -0.2) is 8.78 Å². The van der Waals surface area contributed by atoms with Gasteiger partial charge in [0.2, 0.25) is 0 Å². The number of aromatic nitrogens is 1. The molecule has 5 heteroatoms. The molecule has 1 aliphatic rings. The van der Waals surface area contributed by atoms with E-state index in [0.29, 0.717) is 11.5 Å². The van der Waals surface area contributed by atoms with Gasteiger partial charge in [-0.15, -0.1) is 0 Å². The quantitative estimate of drug-likeness (QED) is 0.727. The molecule has 0 saturated heterocycles. The lowest BCUT2D eigenvalue weighted by atomic mass is 9.72. The van der Waals surface area contributed by atoms with Crippen LogP contribution in [0.1, 0.15) is 24.3 Å². The van der Waals surface area contributed by atoms with Gasteiger partial charge in [-0.05, 0) is 6.92 Å². The zero-order valence-electron chi connectivity index (χ0n) is 7.18. The third-order valence-corrected chi connectivity index (χ3v) is 2.29. The SMILES string of the molecule is Cc1cc(C2(N)CC(F)(F)C2)no1. The first-order chi connectivity index (χ1) is 5.91. The van der Waals surface area contributed by atoms with Gasteiger partial charge in [-0.3, -0.25) is 0 Å². The van der Waals surface area contributed by atoms with Crippen molar-refractivity contribution >= 4 is 0 Å². The average molecular weight is 188 g/mol. The van der Waals surface area contributed by atoms with Crippen LogP contribution in [0, 0.1) is 6.92 Å². The first kappa shape index (κ1) is 8.62. The van der Waals surface area contributed by atoms with E-state index in [1.807, 2.05) is 0 Å². The summed E-state index contributed by atoms with van der Waals surface area (Å²) in [5.74, 6) is -2.04. The predicted molar refractivity (Wildman–Crippen MR) is 41.3 cm³/mol. The van der Waals surface area contributed by atoms with E-state index in [1.165, 1.54) is 0 Å². The molecule has 1 heterocycles. The van der Waals surface area contributed by atoms with E-state index in [9.17, 15) is 8.78 Å². The van der Waals surface area contributed by atoms with Crippen LogP contribution in [0.2, 0.25) is 0 Å². The molecule has 72 valence electrons. The van der Waals surface area contributed by atoms with Crippen molar-refractivity contribution in [3.8, 4) is 0 Å². The van der Waals surface area contributed by atoms with E-state index < -0.39 is 11.5 Å². The van der Waals surface area contributed by atoms with Crippen LogP contribution in [0.4, 0.5) is 8.78 Å². The van der Waals surface area contributed by atoms with E-state index >= 15 is 0 Å².